The van der Waals surface area contributed by atoms with Gasteiger partial charge in [0.15, 0.2) is 17.3 Å². The van der Waals surface area contributed by atoms with Crippen LogP contribution in [-0.4, -0.2) is 97.6 Å². The van der Waals surface area contributed by atoms with Crippen LogP contribution in [0, 0.1) is 0 Å². The van der Waals surface area contributed by atoms with Crippen molar-refractivity contribution in [3.63, 3.8) is 0 Å². The van der Waals surface area contributed by atoms with Gasteiger partial charge in [0.25, 0.3) is 11.8 Å². The Bertz CT molecular complexity index is 1690. The van der Waals surface area contributed by atoms with E-state index in [4.69, 9.17) is 24.9 Å². The summed E-state index contributed by atoms with van der Waals surface area (Å²) >= 11 is 0. The maximum Gasteiger partial charge on any atom is 0.271 e. The predicted molar refractivity (Wildman–Crippen MR) is 190 cm³/mol. The number of nitrogens with zero attached hydrogens (tertiary/aromatic N) is 5. The number of nitrogens with two attached hydrogens (primary N) is 1. The third-order valence-corrected chi connectivity index (χ3v) is 9.11. The van der Waals surface area contributed by atoms with Gasteiger partial charge < -0.3 is 30.2 Å². The minimum absolute atomic E-state index is 0.0702. The Labute approximate surface area is 291 Å². The highest BCUT2D eigenvalue weighted by Crippen LogP contribution is 2.37. The summed E-state index contributed by atoms with van der Waals surface area (Å²) in [6, 6.07) is 13.1. The zero-order valence-corrected chi connectivity index (χ0v) is 28.5. The number of carbonyl (C=O) groups is 2. The lowest BCUT2D eigenvalue weighted by atomic mass is 10.1. The fraction of sp³-hybridized carbons (Fsp3) is 0.429. The highest BCUT2D eigenvalue weighted by Gasteiger charge is 2.26. The van der Waals surface area contributed by atoms with Gasteiger partial charge in [-0.2, -0.15) is 0 Å². The first kappa shape index (κ1) is 34.7. The van der Waals surface area contributed by atoms with E-state index in [0.29, 0.717) is 66.2 Å². The van der Waals surface area contributed by atoms with Gasteiger partial charge in [0.1, 0.15) is 11.5 Å². The Balaban J connectivity index is 1.50. The zero-order chi connectivity index (χ0) is 35.0. The van der Waals surface area contributed by atoms with Crippen molar-refractivity contribution in [2.45, 2.75) is 38.6 Å². The lowest BCUT2D eigenvalue weighted by Crippen LogP contribution is -2.47. The van der Waals surface area contributed by atoms with Gasteiger partial charge in [-0.15, -0.1) is 0 Å². The highest BCUT2D eigenvalue weighted by atomic mass is 16.5. The number of primary amides is 1. The standard InChI is InChI=1S/C35H45N9O6/c1-3-27-34(37-24-11-19-49-20-12-24)39-35(32(38-27)33(36)46)40-44-25-7-10-28(30(21-25)48-2)43-16-14-42(15-17-43)13-4-18-50-26-8-5-23(6-9-26)29(44)22-31(45)41-47/h5-10,21-22,24,47H,3-4,11-20H2,1-2H3,(H2,36,46)(H,41,45)(H2,37,39,40)/b29-22+. The van der Waals surface area contributed by atoms with Crippen LogP contribution in [0.15, 0.2) is 48.5 Å². The van der Waals surface area contributed by atoms with Gasteiger partial charge in [0.05, 0.1) is 36.5 Å². The molecule has 10 rings (SSSR count). The molecule has 15 nitrogen and oxygen atoms in total. The van der Waals surface area contributed by atoms with E-state index in [9.17, 15) is 14.8 Å². The highest BCUT2D eigenvalue weighted by molar-refractivity contribution is 6.00. The number of hydrazine groups is 1. The largest absolute Gasteiger partial charge is 0.495 e. The van der Waals surface area contributed by atoms with Crippen molar-refractivity contribution in [2.75, 3.05) is 80.3 Å². The van der Waals surface area contributed by atoms with Crippen molar-refractivity contribution in [1.82, 2.24) is 20.3 Å². The summed E-state index contributed by atoms with van der Waals surface area (Å²) in [6.45, 7) is 8.15. The van der Waals surface area contributed by atoms with E-state index in [1.807, 2.05) is 49.4 Å². The molecule has 7 aliphatic rings. The normalized spacial score (nSPS) is 19.1. The quantitative estimate of drug-likeness (QED) is 0.133. The maximum atomic E-state index is 12.9. The molecule has 8 heterocycles. The Kier molecular flexibility index (Phi) is 11.2. The molecule has 2 saturated heterocycles. The molecule has 6 N–H and O–H groups in total. The number of aromatic nitrogens is 2. The molecule has 266 valence electrons. The van der Waals surface area contributed by atoms with Crippen molar-refractivity contribution in [2.24, 2.45) is 5.73 Å². The van der Waals surface area contributed by atoms with E-state index in [1.54, 1.807) is 17.6 Å². The summed E-state index contributed by atoms with van der Waals surface area (Å²) in [5.41, 5.74) is 13.7. The van der Waals surface area contributed by atoms with Crippen molar-refractivity contribution < 1.29 is 29.0 Å². The number of ether oxygens (including phenoxy) is 3. The van der Waals surface area contributed by atoms with Crippen LogP contribution in [0.5, 0.6) is 11.5 Å². The van der Waals surface area contributed by atoms with E-state index in [-0.39, 0.29) is 17.6 Å². The fourth-order valence-electron chi connectivity index (χ4n) is 6.40. The number of piperazine rings is 1. The summed E-state index contributed by atoms with van der Waals surface area (Å²) in [5, 5.41) is 14.7. The van der Waals surface area contributed by atoms with E-state index >= 15 is 0 Å². The van der Waals surface area contributed by atoms with Gasteiger partial charge in [-0.25, -0.2) is 15.4 Å². The van der Waals surface area contributed by atoms with E-state index < -0.39 is 11.8 Å². The van der Waals surface area contributed by atoms with Crippen LogP contribution in [0.1, 0.15) is 47.9 Å². The first-order chi connectivity index (χ1) is 24.4. The van der Waals surface area contributed by atoms with Gasteiger partial charge >= 0.3 is 0 Å². The molecule has 0 aliphatic carbocycles. The van der Waals surface area contributed by atoms with Crippen LogP contribution in [0.2, 0.25) is 0 Å². The fourth-order valence-corrected chi connectivity index (χ4v) is 6.40. The van der Waals surface area contributed by atoms with Crippen LogP contribution in [0.25, 0.3) is 5.70 Å². The van der Waals surface area contributed by atoms with Crippen molar-refractivity contribution >= 4 is 40.5 Å². The molecular weight excluding hydrogens is 642 g/mol. The molecule has 0 spiro atoms. The zero-order valence-electron chi connectivity index (χ0n) is 28.5. The van der Waals surface area contributed by atoms with Crippen LogP contribution < -0.4 is 41.3 Å². The van der Waals surface area contributed by atoms with Gasteiger partial charge in [0.2, 0.25) is 0 Å². The molecule has 50 heavy (non-hydrogen) atoms. The van der Waals surface area contributed by atoms with E-state index in [0.717, 1.165) is 57.7 Å². The number of anilines is 4. The summed E-state index contributed by atoms with van der Waals surface area (Å²) in [7, 11) is 1.62. The summed E-state index contributed by atoms with van der Waals surface area (Å²) < 4.78 is 17.5. The first-order valence-electron chi connectivity index (χ1n) is 17.0. The second-order valence-corrected chi connectivity index (χ2v) is 12.3. The van der Waals surface area contributed by atoms with Crippen molar-refractivity contribution in [3.8, 4) is 11.5 Å². The van der Waals surface area contributed by atoms with Crippen LogP contribution in [-0.2, 0) is 16.0 Å². The second-order valence-electron chi connectivity index (χ2n) is 12.3. The Morgan fingerprint density at radius 1 is 1.02 bits per heavy atom. The number of fused-ring (bicyclic) bond motifs is 1. The number of aryl methyl sites for hydroxylation is 1. The van der Waals surface area contributed by atoms with Gasteiger partial charge in [-0.1, -0.05) is 6.92 Å². The molecule has 0 atom stereocenters. The smallest absolute Gasteiger partial charge is 0.271 e. The summed E-state index contributed by atoms with van der Waals surface area (Å²) in [4.78, 5) is 40.0. The minimum atomic E-state index is -0.778. The third kappa shape index (κ3) is 8.01. The minimum Gasteiger partial charge on any atom is -0.495 e. The molecule has 1 aromatic heterocycles. The molecule has 2 amide bonds. The summed E-state index contributed by atoms with van der Waals surface area (Å²) in [5.74, 6) is 0.322. The molecule has 0 unspecified atom stereocenters. The van der Waals surface area contributed by atoms with Gasteiger partial charge in [-0.05, 0) is 62.1 Å². The molecule has 7 aliphatic heterocycles. The number of amides is 2. The molecule has 0 saturated carbocycles. The molecule has 0 radical (unpaired) electrons. The molecular formula is C35H45N9O6. The number of carbonyl (C=O) groups excluding carboxylic acids is 2. The van der Waals surface area contributed by atoms with Gasteiger partial charge in [0, 0.05) is 69.7 Å². The van der Waals surface area contributed by atoms with Crippen molar-refractivity contribution in [1.29, 1.82) is 0 Å². The lowest BCUT2D eigenvalue weighted by molar-refractivity contribution is -0.124. The number of benzene rings is 2. The Hall–Kier alpha value is -5.12. The maximum absolute atomic E-state index is 12.9. The molecule has 2 aromatic carbocycles. The Morgan fingerprint density at radius 2 is 1.78 bits per heavy atom. The average molecular weight is 688 g/mol. The molecule has 2 fully saturated rings. The molecule has 15 heteroatoms. The first-order valence-corrected chi connectivity index (χ1v) is 17.0. The van der Waals surface area contributed by atoms with Gasteiger partial charge in [-0.3, -0.25) is 30.1 Å². The monoisotopic (exact) mass is 687 g/mol. The number of hydrogen-bond donors (Lipinski definition) is 5. The molecule has 6 bridgehead atoms. The van der Waals surface area contributed by atoms with Crippen LogP contribution >= 0.6 is 0 Å². The number of methoxy groups -OCH3 is 1. The van der Waals surface area contributed by atoms with E-state index in [2.05, 4.69) is 25.5 Å². The Morgan fingerprint density at radius 3 is 2.46 bits per heavy atom. The molecule has 3 aromatic rings. The average Bonchev–Trinajstić information content (AvgIpc) is 3.15. The number of nitrogens with one attached hydrogen (secondary N) is 3. The summed E-state index contributed by atoms with van der Waals surface area (Å²) in [6.07, 6.45) is 4.21. The predicted octanol–water partition coefficient (Wildman–Crippen LogP) is 3.02. The van der Waals surface area contributed by atoms with E-state index in [1.165, 1.54) is 6.08 Å². The second kappa shape index (κ2) is 16.1. The van der Waals surface area contributed by atoms with Crippen molar-refractivity contribution in [3.05, 3.63) is 65.5 Å². The number of hydrogen-bond acceptors (Lipinski definition) is 13. The number of rotatable bonds is 8. The van der Waals surface area contributed by atoms with Crippen LogP contribution in [0.4, 0.5) is 23.0 Å². The SMILES string of the molecule is CCc1nc(C(N)=O)c(NN2/C(=C/C(=O)NO)c3ccc(cc3)OCCCN3CCN(CC3)c3ccc2cc3OC)nc1NC1CCOCC1. The third-order valence-electron chi connectivity index (χ3n) is 9.11. The topological polar surface area (TPSA) is 180 Å². The van der Waals surface area contributed by atoms with Crippen LogP contribution in [0.3, 0.4) is 0 Å². The number of hydroxylamine groups is 1. The lowest BCUT2D eigenvalue weighted by Gasteiger charge is -2.37.